The van der Waals surface area contributed by atoms with Crippen LogP contribution in [0.15, 0.2) is 59.1 Å². The Morgan fingerprint density at radius 3 is 2.42 bits per heavy atom. The summed E-state index contributed by atoms with van der Waals surface area (Å²) in [6.07, 6.45) is 1.30. The fourth-order valence-corrected chi connectivity index (χ4v) is 2.27. The fourth-order valence-electron chi connectivity index (χ4n) is 1.79. The molecular weight excluding hydrogens is 309 g/mol. The van der Waals surface area contributed by atoms with Crippen molar-refractivity contribution in [2.45, 2.75) is 0 Å². The van der Waals surface area contributed by atoms with Crippen LogP contribution < -0.4 is 5.73 Å². The van der Waals surface area contributed by atoms with Gasteiger partial charge in [0.25, 0.3) is 0 Å². The first-order valence-electron chi connectivity index (χ1n) is 5.60. The molecule has 0 unspecified atom stereocenters. The van der Waals surface area contributed by atoms with Crippen molar-refractivity contribution < 1.29 is 9.18 Å². The maximum Gasteiger partial charge on any atom is 0.242 e. The SMILES string of the molecule is NC(=O)C=C(c1ccccc1)c1cccc(F)c1Br. The normalized spacial score (nSPS) is 11.4. The quantitative estimate of drug-likeness (QED) is 0.864. The van der Waals surface area contributed by atoms with E-state index in [9.17, 15) is 9.18 Å². The molecule has 0 radical (unpaired) electrons. The zero-order valence-corrected chi connectivity index (χ0v) is 11.5. The third-order valence-corrected chi connectivity index (χ3v) is 3.42. The van der Waals surface area contributed by atoms with Crippen LogP contribution in [0, 0.1) is 5.82 Å². The summed E-state index contributed by atoms with van der Waals surface area (Å²) in [5.74, 6) is -0.959. The Morgan fingerprint density at radius 1 is 1.11 bits per heavy atom. The molecule has 0 aromatic heterocycles. The third kappa shape index (κ3) is 3.09. The number of benzene rings is 2. The Labute approximate surface area is 118 Å². The van der Waals surface area contributed by atoms with E-state index in [1.54, 1.807) is 12.1 Å². The van der Waals surface area contributed by atoms with Gasteiger partial charge in [0.15, 0.2) is 0 Å². The number of hydrogen-bond acceptors (Lipinski definition) is 1. The Balaban J connectivity index is 2.63. The highest BCUT2D eigenvalue weighted by molar-refractivity contribution is 9.10. The molecule has 4 heteroatoms. The van der Waals surface area contributed by atoms with Crippen molar-refractivity contribution in [2.75, 3.05) is 0 Å². The molecule has 0 atom stereocenters. The summed E-state index contributed by atoms with van der Waals surface area (Å²) < 4.78 is 13.9. The summed E-state index contributed by atoms with van der Waals surface area (Å²) in [7, 11) is 0. The zero-order chi connectivity index (χ0) is 13.8. The number of carbonyl (C=O) groups is 1. The monoisotopic (exact) mass is 319 g/mol. The van der Waals surface area contributed by atoms with Crippen molar-refractivity contribution in [3.63, 3.8) is 0 Å². The van der Waals surface area contributed by atoms with Gasteiger partial charge in [0.1, 0.15) is 5.82 Å². The van der Waals surface area contributed by atoms with Gasteiger partial charge in [-0.25, -0.2) is 4.39 Å². The van der Waals surface area contributed by atoms with Gasteiger partial charge in [0, 0.05) is 6.08 Å². The number of carbonyl (C=O) groups excluding carboxylic acids is 1. The van der Waals surface area contributed by atoms with Gasteiger partial charge in [-0.15, -0.1) is 0 Å². The molecular formula is C15H11BrFNO. The van der Waals surface area contributed by atoms with Crippen LogP contribution in [0.4, 0.5) is 4.39 Å². The van der Waals surface area contributed by atoms with Crippen molar-refractivity contribution in [3.8, 4) is 0 Å². The van der Waals surface area contributed by atoms with Crippen molar-refractivity contribution in [1.82, 2.24) is 0 Å². The average molecular weight is 320 g/mol. The second-order valence-corrected chi connectivity index (χ2v) is 4.72. The molecule has 0 aliphatic carbocycles. The number of amides is 1. The fraction of sp³-hybridized carbons (Fsp3) is 0. The smallest absolute Gasteiger partial charge is 0.242 e. The molecule has 2 N–H and O–H groups in total. The van der Waals surface area contributed by atoms with Crippen LogP contribution >= 0.6 is 15.9 Å². The first-order chi connectivity index (χ1) is 9.09. The van der Waals surface area contributed by atoms with E-state index in [2.05, 4.69) is 15.9 Å². The van der Waals surface area contributed by atoms with Gasteiger partial charge < -0.3 is 5.73 Å². The first kappa shape index (κ1) is 13.5. The summed E-state index contributed by atoms with van der Waals surface area (Å²) in [6, 6.07) is 13.9. The number of nitrogens with two attached hydrogens (primary N) is 1. The van der Waals surface area contributed by atoms with E-state index in [1.165, 1.54) is 12.1 Å². The van der Waals surface area contributed by atoms with Crippen LogP contribution in [0.1, 0.15) is 11.1 Å². The van der Waals surface area contributed by atoms with Crippen LogP contribution in [-0.4, -0.2) is 5.91 Å². The minimum Gasteiger partial charge on any atom is -0.366 e. The summed E-state index contributed by atoms with van der Waals surface area (Å²) >= 11 is 3.20. The van der Waals surface area contributed by atoms with Crippen LogP contribution in [0.2, 0.25) is 0 Å². The van der Waals surface area contributed by atoms with Gasteiger partial charge in [-0.2, -0.15) is 0 Å². The lowest BCUT2D eigenvalue weighted by atomic mass is 9.97. The molecule has 0 saturated carbocycles. The van der Waals surface area contributed by atoms with E-state index in [0.29, 0.717) is 15.6 Å². The van der Waals surface area contributed by atoms with Crippen LogP contribution in [0.3, 0.4) is 0 Å². The van der Waals surface area contributed by atoms with Gasteiger partial charge in [-0.1, -0.05) is 42.5 Å². The number of primary amides is 1. The summed E-state index contributed by atoms with van der Waals surface area (Å²) in [6.45, 7) is 0. The third-order valence-electron chi connectivity index (χ3n) is 2.61. The van der Waals surface area contributed by atoms with Crippen molar-refractivity contribution in [3.05, 3.63) is 76.0 Å². The lowest BCUT2D eigenvalue weighted by Gasteiger charge is -2.10. The molecule has 1 amide bonds. The summed E-state index contributed by atoms with van der Waals surface area (Å²) in [4.78, 5) is 11.2. The van der Waals surface area contributed by atoms with E-state index in [0.717, 1.165) is 5.56 Å². The zero-order valence-electron chi connectivity index (χ0n) is 9.94. The number of halogens is 2. The molecule has 0 saturated heterocycles. The minimum atomic E-state index is -0.574. The second-order valence-electron chi connectivity index (χ2n) is 3.93. The summed E-state index contributed by atoms with van der Waals surface area (Å²) in [5.41, 5.74) is 7.20. The molecule has 2 aromatic rings. The molecule has 0 spiro atoms. The first-order valence-corrected chi connectivity index (χ1v) is 6.40. The van der Waals surface area contributed by atoms with Gasteiger partial charge in [0.2, 0.25) is 5.91 Å². The standard InChI is InChI=1S/C15H11BrFNO/c16-15-11(7-4-8-13(15)17)12(9-14(18)19)10-5-2-1-3-6-10/h1-9H,(H2,18,19). The molecule has 2 aromatic carbocycles. The van der Waals surface area contributed by atoms with Crippen LogP contribution in [-0.2, 0) is 4.79 Å². The molecule has 0 aliphatic rings. The predicted molar refractivity (Wildman–Crippen MR) is 76.8 cm³/mol. The maximum atomic E-state index is 13.6. The van der Waals surface area contributed by atoms with E-state index in [4.69, 9.17) is 5.73 Å². The Hall–Kier alpha value is -1.94. The topological polar surface area (TPSA) is 43.1 Å². The van der Waals surface area contributed by atoms with Gasteiger partial charge in [-0.05, 0) is 38.7 Å². The van der Waals surface area contributed by atoms with Crippen molar-refractivity contribution in [1.29, 1.82) is 0 Å². The van der Waals surface area contributed by atoms with Gasteiger partial charge >= 0.3 is 0 Å². The molecule has 0 fully saturated rings. The highest BCUT2D eigenvalue weighted by Gasteiger charge is 2.12. The Kier molecular flexibility index (Phi) is 4.12. The lowest BCUT2D eigenvalue weighted by Crippen LogP contribution is -2.07. The molecule has 2 rings (SSSR count). The van der Waals surface area contributed by atoms with Gasteiger partial charge in [0.05, 0.1) is 4.47 Å². The second kappa shape index (κ2) is 5.80. The van der Waals surface area contributed by atoms with Crippen LogP contribution in [0.5, 0.6) is 0 Å². The lowest BCUT2D eigenvalue weighted by molar-refractivity contribution is -0.113. The van der Waals surface area contributed by atoms with Crippen molar-refractivity contribution >= 4 is 27.4 Å². The Bertz CT molecular complexity index is 638. The molecule has 0 bridgehead atoms. The molecule has 19 heavy (non-hydrogen) atoms. The van der Waals surface area contributed by atoms with E-state index < -0.39 is 5.91 Å². The average Bonchev–Trinajstić information content (AvgIpc) is 2.40. The van der Waals surface area contributed by atoms with E-state index in [-0.39, 0.29) is 5.82 Å². The molecule has 96 valence electrons. The molecule has 2 nitrogen and oxygen atoms in total. The number of rotatable bonds is 3. The summed E-state index contributed by atoms with van der Waals surface area (Å²) in [5, 5.41) is 0. The highest BCUT2D eigenvalue weighted by Crippen LogP contribution is 2.31. The van der Waals surface area contributed by atoms with Gasteiger partial charge in [-0.3, -0.25) is 4.79 Å². The minimum absolute atomic E-state index is 0.311. The van der Waals surface area contributed by atoms with E-state index in [1.807, 2.05) is 30.3 Å². The Morgan fingerprint density at radius 2 is 1.79 bits per heavy atom. The molecule has 0 heterocycles. The van der Waals surface area contributed by atoms with Crippen LogP contribution in [0.25, 0.3) is 5.57 Å². The largest absolute Gasteiger partial charge is 0.366 e. The number of hydrogen-bond donors (Lipinski definition) is 1. The van der Waals surface area contributed by atoms with E-state index >= 15 is 0 Å². The highest BCUT2D eigenvalue weighted by atomic mass is 79.9. The molecule has 0 aliphatic heterocycles. The maximum absolute atomic E-state index is 13.6. The predicted octanol–water partition coefficient (Wildman–Crippen LogP) is 3.51. The van der Waals surface area contributed by atoms with Crippen molar-refractivity contribution in [2.24, 2.45) is 5.73 Å².